The van der Waals surface area contributed by atoms with Gasteiger partial charge in [0.15, 0.2) is 5.69 Å². The Morgan fingerprint density at radius 2 is 2.17 bits per heavy atom. The Labute approximate surface area is 133 Å². The third kappa shape index (κ3) is 3.08. The van der Waals surface area contributed by atoms with Gasteiger partial charge in [-0.05, 0) is 24.6 Å². The van der Waals surface area contributed by atoms with Crippen LogP contribution in [-0.4, -0.2) is 40.4 Å². The van der Waals surface area contributed by atoms with E-state index in [1.165, 1.54) is 0 Å². The van der Waals surface area contributed by atoms with Crippen LogP contribution in [-0.2, 0) is 4.79 Å². The van der Waals surface area contributed by atoms with E-state index >= 15 is 0 Å². The van der Waals surface area contributed by atoms with Crippen LogP contribution in [0.25, 0.3) is 0 Å². The number of nitrogens with zero attached hydrogens (tertiary/aromatic N) is 3. The molecular formula is C16H18N4O3. The number of hydrogen-bond donors (Lipinski definition) is 1. The van der Waals surface area contributed by atoms with Gasteiger partial charge < -0.3 is 14.7 Å². The molecule has 7 heteroatoms. The van der Waals surface area contributed by atoms with Crippen molar-refractivity contribution < 1.29 is 14.1 Å². The molecule has 0 aliphatic carbocycles. The van der Waals surface area contributed by atoms with Crippen LogP contribution in [0.3, 0.4) is 0 Å². The van der Waals surface area contributed by atoms with Gasteiger partial charge in [-0.3, -0.25) is 14.6 Å². The van der Waals surface area contributed by atoms with Crippen molar-refractivity contribution in [3.05, 3.63) is 47.6 Å². The highest BCUT2D eigenvalue weighted by molar-refractivity contribution is 5.92. The van der Waals surface area contributed by atoms with Crippen LogP contribution in [0.2, 0.25) is 0 Å². The number of carbonyl (C=O) groups excluding carboxylic acids is 2. The molecule has 0 radical (unpaired) electrons. The minimum absolute atomic E-state index is 0.00634. The molecular weight excluding hydrogens is 296 g/mol. The highest BCUT2D eigenvalue weighted by atomic mass is 16.5. The zero-order valence-electron chi connectivity index (χ0n) is 13.0. The minimum atomic E-state index is -0.294. The minimum Gasteiger partial charge on any atom is -0.361 e. The fourth-order valence-corrected chi connectivity index (χ4v) is 2.98. The van der Waals surface area contributed by atoms with E-state index in [4.69, 9.17) is 4.52 Å². The Balaban J connectivity index is 1.70. The third-order valence-corrected chi connectivity index (χ3v) is 4.13. The Bertz CT molecular complexity index is 713. The summed E-state index contributed by atoms with van der Waals surface area (Å²) in [7, 11) is 1.79. The maximum Gasteiger partial charge on any atom is 0.273 e. The molecule has 3 heterocycles. The molecule has 23 heavy (non-hydrogen) atoms. The fraction of sp³-hybridized carbons (Fsp3) is 0.375. The van der Waals surface area contributed by atoms with Crippen LogP contribution >= 0.6 is 0 Å². The van der Waals surface area contributed by atoms with Gasteiger partial charge in [-0.15, -0.1) is 0 Å². The first-order valence-corrected chi connectivity index (χ1v) is 7.43. The molecule has 7 nitrogen and oxygen atoms in total. The summed E-state index contributed by atoms with van der Waals surface area (Å²) in [6, 6.07) is 5.32. The van der Waals surface area contributed by atoms with Crippen molar-refractivity contribution in [2.75, 3.05) is 13.6 Å². The summed E-state index contributed by atoms with van der Waals surface area (Å²) in [5, 5.41) is 6.53. The second-order valence-electron chi connectivity index (χ2n) is 5.73. The summed E-state index contributed by atoms with van der Waals surface area (Å²) >= 11 is 0. The van der Waals surface area contributed by atoms with Gasteiger partial charge in [0.1, 0.15) is 5.76 Å². The van der Waals surface area contributed by atoms with Gasteiger partial charge in [0.2, 0.25) is 5.91 Å². The van der Waals surface area contributed by atoms with Crippen molar-refractivity contribution in [3.63, 3.8) is 0 Å². The average molecular weight is 314 g/mol. The molecule has 3 rings (SSSR count). The lowest BCUT2D eigenvalue weighted by molar-refractivity contribution is -0.127. The number of pyridine rings is 1. The smallest absolute Gasteiger partial charge is 0.273 e. The number of aryl methyl sites for hydroxylation is 1. The molecule has 2 aromatic heterocycles. The van der Waals surface area contributed by atoms with E-state index in [0.29, 0.717) is 18.7 Å². The summed E-state index contributed by atoms with van der Waals surface area (Å²) in [5.74, 6) is 0.369. The third-order valence-electron chi connectivity index (χ3n) is 4.13. The van der Waals surface area contributed by atoms with Gasteiger partial charge in [-0.25, -0.2) is 0 Å². The number of nitrogens with one attached hydrogen (secondary N) is 1. The molecule has 1 aliphatic heterocycles. The molecule has 2 amide bonds. The van der Waals surface area contributed by atoms with Crippen LogP contribution in [0.1, 0.15) is 34.3 Å². The van der Waals surface area contributed by atoms with Crippen LogP contribution < -0.4 is 5.32 Å². The Hall–Kier alpha value is -2.70. The number of rotatable bonds is 4. The van der Waals surface area contributed by atoms with Gasteiger partial charge in [0.25, 0.3) is 5.91 Å². The van der Waals surface area contributed by atoms with Crippen LogP contribution in [0.4, 0.5) is 0 Å². The monoisotopic (exact) mass is 314 g/mol. The average Bonchev–Trinajstić information content (AvgIpc) is 3.10. The van der Waals surface area contributed by atoms with Gasteiger partial charge in [0, 0.05) is 44.4 Å². The zero-order chi connectivity index (χ0) is 16.4. The van der Waals surface area contributed by atoms with Crippen molar-refractivity contribution in [2.45, 2.75) is 19.4 Å². The molecule has 120 valence electrons. The highest BCUT2D eigenvalue weighted by Gasteiger charge is 2.38. The second kappa shape index (κ2) is 6.20. The van der Waals surface area contributed by atoms with Crippen molar-refractivity contribution in [3.8, 4) is 0 Å². The lowest BCUT2D eigenvalue weighted by Crippen LogP contribution is -2.32. The molecule has 1 fully saturated rings. The number of hydrogen-bond acceptors (Lipinski definition) is 5. The van der Waals surface area contributed by atoms with Crippen LogP contribution in [0.5, 0.6) is 0 Å². The van der Waals surface area contributed by atoms with E-state index in [0.717, 1.165) is 5.56 Å². The van der Waals surface area contributed by atoms with Crippen molar-refractivity contribution in [2.24, 2.45) is 5.92 Å². The van der Waals surface area contributed by atoms with E-state index in [-0.39, 0.29) is 29.5 Å². The van der Waals surface area contributed by atoms with Crippen molar-refractivity contribution >= 4 is 11.8 Å². The quantitative estimate of drug-likeness (QED) is 0.919. The van der Waals surface area contributed by atoms with Gasteiger partial charge in [-0.1, -0.05) is 5.16 Å². The fourth-order valence-electron chi connectivity index (χ4n) is 2.98. The lowest BCUT2D eigenvalue weighted by atomic mass is 9.94. The SMILES string of the molecule is Cc1cc(C(=O)NC[C@@H]2CC(=O)N(C)[C@H]2c2ccncc2)no1. The van der Waals surface area contributed by atoms with Crippen molar-refractivity contribution in [1.82, 2.24) is 20.4 Å². The summed E-state index contributed by atoms with van der Waals surface area (Å²) < 4.78 is 4.90. The van der Waals surface area contributed by atoms with E-state index < -0.39 is 0 Å². The second-order valence-corrected chi connectivity index (χ2v) is 5.73. The standard InChI is InChI=1S/C16H18N4O3/c1-10-7-13(19-23-10)16(22)18-9-12-8-14(21)20(2)15(12)11-3-5-17-6-4-11/h3-7,12,15H,8-9H2,1-2H3,(H,18,22)/t12-,15-/m0/s1. The highest BCUT2D eigenvalue weighted by Crippen LogP contribution is 2.36. The first-order valence-electron chi connectivity index (χ1n) is 7.43. The molecule has 2 atom stereocenters. The summed E-state index contributed by atoms with van der Waals surface area (Å²) in [5.41, 5.74) is 1.27. The predicted octanol–water partition coefficient (Wildman–Crippen LogP) is 1.33. The van der Waals surface area contributed by atoms with Crippen LogP contribution in [0.15, 0.2) is 35.1 Å². The molecule has 1 N–H and O–H groups in total. The van der Waals surface area contributed by atoms with E-state index in [1.807, 2.05) is 12.1 Å². The Morgan fingerprint density at radius 3 is 2.83 bits per heavy atom. The Kier molecular flexibility index (Phi) is 4.10. The van der Waals surface area contributed by atoms with Crippen molar-refractivity contribution in [1.29, 1.82) is 0 Å². The number of aromatic nitrogens is 2. The first kappa shape index (κ1) is 15.2. The Morgan fingerprint density at radius 1 is 1.43 bits per heavy atom. The summed E-state index contributed by atoms with van der Waals surface area (Å²) in [6.45, 7) is 2.13. The van der Waals surface area contributed by atoms with Gasteiger partial charge in [-0.2, -0.15) is 0 Å². The molecule has 0 spiro atoms. The normalized spacial score (nSPS) is 20.8. The zero-order valence-corrected chi connectivity index (χ0v) is 13.0. The van der Waals surface area contributed by atoms with E-state index in [1.54, 1.807) is 37.3 Å². The van der Waals surface area contributed by atoms with Gasteiger partial charge in [0.05, 0.1) is 6.04 Å². The number of carbonyl (C=O) groups is 2. The lowest BCUT2D eigenvalue weighted by Gasteiger charge is -2.25. The topological polar surface area (TPSA) is 88.3 Å². The maximum atomic E-state index is 12.1. The molecule has 0 saturated carbocycles. The first-order chi connectivity index (χ1) is 11.1. The molecule has 2 aromatic rings. The molecule has 1 aliphatic rings. The van der Waals surface area contributed by atoms with Gasteiger partial charge >= 0.3 is 0 Å². The predicted molar refractivity (Wildman–Crippen MR) is 81.4 cm³/mol. The summed E-state index contributed by atoms with van der Waals surface area (Å²) in [6.07, 6.45) is 3.82. The maximum absolute atomic E-state index is 12.1. The molecule has 0 aromatic carbocycles. The molecule has 0 bridgehead atoms. The molecule has 0 unspecified atom stereocenters. The number of amides is 2. The largest absolute Gasteiger partial charge is 0.361 e. The van der Waals surface area contributed by atoms with E-state index in [9.17, 15) is 9.59 Å². The van der Waals surface area contributed by atoms with Crippen LogP contribution in [0, 0.1) is 12.8 Å². The molecule has 1 saturated heterocycles. The number of likely N-dealkylation sites (tertiary alicyclic amines) is 1. The summed E-state index contributed by atoms with van der Waals surface area (Å²) in [4.78, 5) is 29.9. The van der Waals surface area contributed by atoms with E-state index in [2.05, 4.69) is 15.5 Å².